The topological polar surface area (TPSA) is 63.2 Å². The number of ketones is 1. The molecule has 23 heavy (non-hydrogen) atoms. The molecular weight excluding hydrogens is 324 g/mol. The van der Waals surface area contributed by atoms with Gasteiger partial charge in [-0.2, -0.15) is 0 Å². The molecule has 7 heteroatoms. The number of benzene rings is 2. The molecule has 0 spiro atoms. The Bertz CT molecular complexity index is 833. The number of rotatable bonds is 5. The summed E-state index contributed by atoms with van der Waals surface area (Å²) in [6, 6.07) is 7.47. The van der Waals surface area contributed by atoms with E-state index in [0.717, 1.165) is 6.07 Å². The van der Waals surface area contributed by atoms with Crippen LogP contribution in [0.3, 0.4) is 0 Å². The van der Waals surface area contributed by atoms with Crippen LogP contribution >= 0.6 is 0 Å². The molecule has 4 nitrogen and oxygen atoms in total. The quantitative estimate of drug-likeness (QED) is 0.851. The average molecular weight is 339 g/mol. The van der Waals surface area contributed by atoms with Gasteiger partial charge < -0.3 is 0 Å². The van der Waals surface area contributed by atoms with E-state index in [1.165, 1.54) is 44.2 Å². The molecule has 0 bridgehead atoms. The molecule has 0 radical (unpaired) electrons. The van der Waals surface area contributed by atoms with Crippen LogP contribution in [-0.4, -0.2) is 14.2 Å². The fourth-order valence-electron chi connectivity index (χ4n) is 2.09. The van der Waals surface area contributed by atoms with Crippen LogP contribution in [0.2, 0.25) is 0 Å². The molecule has 2 rings (SSSR count). The summed E-state index contributed by atoms with van der Waals surface area (Å²) >= 11 is 0. The summed E-state index contributed by atoms with van der Waals surface area (Å²) < 4.78 is 53.5. The zero-order valence-electron chi connectivity index (χ0n) is 12.5. The number of sulfonamides is 1. The Labute approximate surface area is 133 Å². The molecular formula is C16H15F2NO3S. The van der Waals surface area contributed by atoms with Crippen LogP contribution in [0.15, 0.2) is 47.4 Å². The van der Waals surface area contributed by atoms with Crippen molar-refractivity contribution in [1.82, 2.24) is 4.72 Å². The molecule has 1 N–H and O–H groups in total. The lowest BCUT2D eigenvalue weighted by Gasteiger charge is -2.15. The van der Waals surface area contributed by atoms with Gasteiger partial charge in [0, 0.05) is 23.2 Å². The van der Waals surface area contributed by atoms with Crippen molar-refractivity contribution in [2.24, 2.45) is 0 Å². The van der Waals surface area contributed by atoms with Crippen LogP contribution in [0.1, 0.15) is 35.8 Å². The van der Waals surface area contributed by atoms with Gasteiger partial charge in [-0.1, -0.05) is 18.2 Å². The summed E-state index contributed by atoms with van der Waals surface area (Å²) in [6.45, 7) is 2.83. The predicted octanol–water partition coefficient (Wildman–Crippen LogP) is 3.21. The second-order valence-corrected chi connectivity index (χ2v) is 6.80. The number of carbonyl (C=O) groups is 1. The summed E-state index contributed by atoms with van der Waals surface area (Å²) in [4.78, 5) is 11.2. The summed E-state index contributed by atoms with van der Waals surface area (Å²) in [6.07, 6.45) is 0. The molecule has 2 aromatic carbocycles. The first kappa shape index (κ1) is 17.2. The van der Waals surface area contributed by atoms with Gasteiger partial charge in [-0.05, 0) is 32.0 Å². The number of nitrogens with one attached hydrogen (secondary N) is 1. The fraction of sp³-hybridized carbons (Fsp3) is 0.188. The monoisotopic (exact) mass is 339 g/mol. The summed E-state index contributed by atoms with van der Waals surface area (Å²) in [5, 5.41) is 0. The zero-order valence-corrected chi connectivity index (χ0v) is 13.3. The average Bonchev–Trinajstić information content (AvgIpc) is 2.46. The second-order valence-electron chi connectivity index (χ2n) is 5.09. The van der Waals surface area contributed by atoms with Crippen molar-refractivity contribution in [3.63, 3.8) is 0 Å². The molecule has 0 aliphatic heterocycles. The standard InChI is InChI=1S/C16H15F2NO3S/c1-10(15-8-5-13(17)9-16(15)18)19-23(21,22)14-6-3-12(4-7-14)11(2)20/h3-10,19H,1-2H3/t10-/m1/s1. The minimum absolute atomic E-state index is 0.0373. The van der Waals surface area contributed by atoms with E-state index in [1.54, 1.807) is 0 Å². The lowest BCUT2D eigenvalue weighted by atomic mass is 10.1. The number of Topliss-reactive ketones (excluding diaryl/α,β-unsaturated/α-hetero) is 1. The highest BCUT2D eigenvalue weighted by Crippen LogP contribution is 2.20. The van der Waals surface area contributed by atoms with Crippen LogP contribution in [0.25, 0.3) is 0 Å². The molecule has 0 saturated heterocycles. The van der Waals surface area contributed by atoms with Crippen molar-refractivity contribution in [3.05, 3.63) is 65.2 Å². The Balaban J connectivity index is 2.24. The summed E-state index contributed by atoms with van der Waals surface area (Å²) in [7, 11) is -3.90. The van der Waals surface area contributed by atoms with E-state index >= 15 is 0 Å². The molecule has 0 aromatic heterocycles. The highest BCUT2D eigenvalue weighted by Gasteiger charge is 2.20. The van der Waals surface area contributed by atoms with E-state index in [0.29, 0.717) is 11.6 Å². The Morgan fingerprint density at radius 1 is 1.09 bits per heavy atom. The molecule has 0 unspecified atom stereocenters. The molecule has 0 aliphatic rings. The number of hydrogen-bond acceptors (Lipinski definition) is 3. The summed E-state index contributed by atoms with van der Waals surface area (Å²) in [5.41, 5.74) is 0.428. The number of carbonyl (C=O) groups excluding carboxylic acids is 1. The van der Waals surface area contributed by atoms with Crippen LogP contribution in [0, 0.1) is 11.6 Å². The van der Waals surface area contributed by atoms with Crippen molar-refractivity contribution in [2.75, 3.05) is 0 Å². The minimum atomic E-state index is -3.90. The molecule has 2 aromatic rings. The molecule has 122 valence electrons. The maximum absolute atomic E-state index is 13.7. The third kappa shape index (κ3) is 4.00. The fourth-order valence-corrected chi connectivity index (χ4v) is 3.31. The first-order chi connectivity index (χ1) is 10.7. The first-order valence-electron chi connectivity index (χ1n) is 6.79. The van der Waals surface area contributed by atoms with Crippen LogP contribution in [0.4, 0.5) is 8.78 Å². The van der Waals surface area contributed by atoms with Crippen molar-refractivity contribution in [2.45, 2.75) is 24.8 Å². The lowest BCUT2D eigenvalue weighted by molar-refractivity contribution is 0.101. The van der Waals surface area contributed by atoms with Crippen molar-refractivity contribution in [3.8, 4) is 0 Å². The maximum atomic E-state index is 13.7. The number of hydrogen-bond donors (Lipinski definition) is 1. The highest BCUT2D eigenvalue weighted by molar-refractivity contribution is 7.89. The smallest absolute Gasteiger partial charge is 0.241 e. The van der Waals surface area contributed by atoms with Gasteiger partial charge in [-0.25, -0.2) is 21.9 Å². The minimum Gasteiger partial charge on any atom is -0.295 e. The largest absolute Gasteiger partial charge is 0.295 e. The Kier molecular flexibility index (Phi) is 4.91. The van der Waals surface area contributed by atoms with Crippen molar-refractivity contribution < 1.29 is 22.0 Å². The van der Waals surface area contributed by atoms with Crippen LogP contribution < -0.4 is 4.72 Å². The Hall–Kier alpha value is -2.12. The maximum Gasteiger partial charge on any atom is 0.241 e. The third-order valence-corrected chi connectivity index (χ3v) is 4.89. The van der Waals surface area contributed by atoms with E-state index in [-0.39, 0.29) is 16.2 Å². The van der Waals surface area contributed by atoms with Crippen LogP contribution in [0.5, 0.6) is 0 Å². The lowest BCUT2D eigenvalue weighted by Crippen LogP contribution is -2.27. The van der Waals surface area contributed by atoms with Gasteiger partial charge in [-0.15, -0.1) is 0 Å². The molecule has 0 aliphatic carbocycles. The highest BCUT2D eigenvalue weighted by atomic mass is 32.2. The van der Waals surface area contributed by atoms with Gasteiger partial charge in [0.25, 0.3) is 0 Å². The van der Waals surface area contributed by atoms with E-state index < -0.39 is 27.7 Å². The normalized spacial score (nSPS) is 12.9. The molecule has 1 atom stereocenters. The Morgan fingerprint density at radius 3 is 2.22 bits per heavy atom. The molecule has 0 heterocycles. The predicted molar refractivity (Wildman–Crippen MR) is 81.5 cm³/mol. The SMILES string of the molecule is CC(=O)c1ccc(S(=O)(=O)N[C@H](C)c2ccc(F)cc2F)cc1. The summed E-state index contributed by atoms with van der Waals surface area (Å²) in [5.74, 6) is -1.74. The van der Waals surface area contributed by atoms with Gasteiger partial charge in [0.1, 0.15) is 11.6 Å². The van der Waals surface area contributed by atoms with Crippen molar-refractivity contribution >= 4 is 15.8 Å². The van der Waals surface area contributed by atoms with Crippen molar-refractivity contribution in [1.29, 1.82) is 0 Å². The molecule has 0 amide bonds. The van der Waals surface area contributed by atoms with Crippen LogP contribution in [-0.2, 0) is 10.0 Å². The van der Waals surface area contributed by atoms with Gasteiger partial charge in [-0.3, -0.25) is 4.79 Å². The van der Waals surface area contributed by atoms with E-state index in [4.69, 9.17) is 0 Å². The van der Waals surface area contributed by atoms with Gasteiger partial charge in [0.2, 0.25) is 10.0 Å². The molecule has 0 saturated carbocycles. The second kappa shape index (κ2) is 6.55. The van der Waals surface area contributed by atoms with Gasteiger partial charge in [0.05, 0.1) is 4.90 Å². The zero-order chi connectivity index (χ0) is 17.2. The third-order valence-electron chi connectivity index (χ3n) is 3.33. The Morgan fingerprint density at radius 2 is 1.70 bits per heavy atom. The van der Waals surface area contributed by atoms with Gasteiger partial charge >= 0.3 is 0 Å². The number of halogens is 2. The molecule has 0 fully saturated rings. The van der Waals surface area contributed by atoms with E-state index in [9.17, 15) is 22.0 Å². The van der Waals surface area contributed by atoms with E-state index in [2.05, 4.69) is 4.72 Å². The van der Waals surface area contributed by atoms with Gasteiger partial charge in [0.15, 0.2) is 5.78 Å². The van der Waals surface area contributed by atoms with E-state index in [1.807, 2.05) is 0 Å². The first-order valence-corrected chi connectivity index (χ1v) is 8.27.